The zero-order valence-electron chi connectivity index (χ0n) is 8.83. The Labute approximate surface area is 88.9 Å². The van der Waals surface area contributed by atoms with Crippen LogP contribution in [0.4, 0.5) is 4.39 Å². The third-order valence-electron chi connectivity index (χ3n) is 2.44. The van der Waals surface area contributed by atoms with E-state index in [-0.39, 0.29) is 29.7 Å². The van der Waals surface area contributed by atoms with E-state index >= 15 is 0 Å². The smallest absolute Gasteiger partial charge is 0.140 e. The van der Waals surface area contributed by atoms with E-state index in [1.807, 2.05) is 0 Å². The average molecular weight is 210 g/mol. The van der Waals surface area contributed by atoms with E-state index in [1.54, 1.807) is 6.08 Å². The highest BCUT2D eigenvalue weighted by molar-refractivity contribution is 5.87. The summed E-state index contributed by atoms with van der Waals surface area (Å²) in [6.07, 6.45) is 6.19. The fraction of sp³-hybridized carbons (Fsp3) is 0.500. The predicted octanol–water partition coefficient (Wildman–Crippen LogP) is 2.74. The number of ketones is 2. The van der Waals surface area contributed by atoms with E-state index in [2.05, 4.69) is 0 Å². The minimum Gasteiger partial charge on any atom is -0.300 e. The van der Waals surface area contributed by atoms with Gasteiger partial charge in [0.25, 0.3) is 0 Å². The van der Waals surface area contributed by atoms with Gasteiger partial charge in [-0.1, -0.05) is 6.08 Å². The topological polar surface area (TPSA) is 34.1 Å². The number of halogens is 1. The summed E-state index contributed by atoms with van der Waals surface area (Å²) >= 11 is 0. The molecule has 1 atom stereocenters. The second kappa shape index (κ2) is 5.59. The Bertz CT molecular complexity index is 316. The number of rotatable bonds is 4. The molecule has 3 heteroatoms. The molecular weight excluding hydrogens is 195 g/mol. The molecule has 0 fully saturated rings. The first kappa shape index (κ1) is 11.8. The second-order valence-electron chi connectivity index (χ2n) is 3.80. The van der Waals surface area contributed by atoms with Crippen molar-refractivity contribution in [3.63, 3.8) is 0 Å². The maximum absolute atomic E-state index is 12.8. The minimum atomic E-state index is -0.281. The van der Waals surface area contributed by atoms with Gasteiger partial charge in [0, 0.05) is 18.8 Å². The molecule has 0 heterocycles. The van der Waals surface area contributed by atoms with Crippen molar-refractivity contribution in [1.29, 1.82) is 0 Å². The fourth-order valence-corrected chi connectivity index (χ4v) is 1.53. The number of carbonyl (C=O) groups excluding carboxylic acids is 2. The number of carbonyl (C=O) groups is 2. The molecule has 2 nitrogen and oxygen atoms in total. The molecule has 0 saturated heterocycles. The lowest BCUT2D eigenvalue weighted by Crippen LogP contribution is -2.12. The first-order valence-corrected chi connectivity index (χ1v) is 5.15. The Morgan fingerprint density at radius 3 is 2.87 bits per heavy atom. The zero-order valence-corrected chi connectivity index (χ0v) is 8.83. The van der Waals surface area contributed by atoms with Crippen LogP contribution in [0.2, 0.25) is 0 Å². The summed E-state index contributed by atoms with van der Waals surface area (Å²) in [6.45, 7) is 1.47. The van der Waals surface area contributed by atoms with Crippen LogP contribution in [-0.2, 0) is 9.59 Å². The molecule has 0 aromatic heterocycles. The van der Waals surface area contributed by atoms with Crippen molar-refractivity contribution in [3.8, 4) is 0 Å². The average Bonchev–Trinajstić information content (AvgIpc) is 2.39. The molecule has 0 saturated carbocycles. The van der Waals surface area contributed by atoms with E-state index in [9.17, 15) is 14.0 Å². The molecule has 15 heavy (non-hydrogen) atoms. The molecule has 0 aromatic rings. The van der Waals surface area contributed by atoms with Gasteiger partial charge in [-0.05, 0) is 31.9 Å². The van der Waals surface area contributed by atoms with Gasteiger partial charge in [0.05, 0.1) is 0 Å². The van der Waals surface area contributed by atoms with Crippen LogP contribution in [0.25, 0.3) is 0 Å². The van der Waals surface area contributed by atoms with E-state index in [0.717, 1.165) is 0 Å². The lowest BCUT2D eigenvalue weighted by molar-refractivity contribution is -0.125. The molecule has 1 rings (SSSR count). The monoisotopic (exact) mass is 210 g/mol. The quantitative estimate of drug-likeness (QED) is 0.715. The predicted molar refractivity (Wildman–Crippen MR) is 56.0 cm³/mol. The van der Waals surface area contributed by atoms with Gasteiger partial charge in [-0.15, -0.1) is 0 Å². The fourth-order valence-electron chi connectivity index (χ4n) is 1.53. The van der Waals surface area contributed by atoms with Gasteiger partial charge in [-0.2, -0.15) is 0 Å². The summed E-state index contributed by atoms with van der Waals surface area (Å²) in [4.78, 5) is 22.3. The summed E-state index contributed by atoms with van der Waals surface area (Å²) in [6, 6.07) is 0. The summed E-state index contributed by atoms with van der Waals surface area (Å²) in [5.41, 5.74) is 0. The first-order valence-electron chi connectivity index (χ1n) is 5.15. The van der Waals surface area contributed by atoms with E-state index in [4.69, 9.17) is 0 Å². The van der Waals surface area contributed by atoms with E-state index in [1.165, 1.54) is 19.1 Å². The molecule has 0 aromatic carbocycles. The van der Waals surface area contributed by atoms with Crippen molar-refractivity contribution < 1.29 is 14.0 Å². The number of allylic oxidation sites excluding steroid dienone is 4. The van der Waals surface area contributed by atoms with Crippen LogP contribution in [0.5, 0.6) is 0 Å². The molecule has 1 aliphatic rings. The molecule has 0 amide bonds. The van der Waals surface area contributed by atoms with Crippen LogP contribution < -0.4 is 0 Å². The third kappa shape index (κ3) is 4.19. The van der Waals surface area contributed by atoms with E-state index < -0.39 is 0 Å². The van der Waals surface area contributed by atoms with Crippen molar-refractivity contribution >= 4 is 11.6 Å². The summed E-state index contributed by atoms with van der Waals surface area (Å²) in [5, 5.41) is 0. The molecule has 0 spiro atoms. The summed E-state index contributed by atoms with van der Waals surface area (Å²) in [7, 11) is 0. The van der Waals surface area contributed by atoms with E-state index in [0.29, 0.717) is 19.3 Å². The Morgan fingerprint density at radius 1 is 1.47 bits per heavy atom. The molecule has 0 radical (unpaired) electrons. The highest BCUT2D eigenvalue weighted by Gasteiger charge is 2.16. The molecule has 82 valence electrons. The summed E-state index contributed by atoms with van der Waals surface area (Å²) in [5.74, 6) is -0.458. The lowest BCUT2D eigenvalue weighted by atomic mass is 9.95. The highest BCUT2D eigenvalue weighted by Crippen LogP contribution is 2.19. The van der Waals surface area contributed by atoms with Gasteiger partial charge in [-0.3, -0.25) is 4.79 Å². The standard InChI is InChI=1S/C12H15FO2/c1-9(14)5-8-12(15)10-3-2-4-11(13)7-6-10/h4,6-7,10H,2-3,5,8H2,1H3. The SMILES string of the molecule is CC(=O)CCC(=O)C1C=CC(F)=CCC1. The normalized spacial score (nSPS) is 20.7. The number of Topliss-reactive ketones (excluding diaryl/α,β-unsaturated/α-hetero) is 2. The van der Waals surface area contributed by atoms with Gasteiger partial charge in [0.15, 0.2) is 0 Å². The Balaban J connectivity index is 2.47. The van der Waals surface area contributed by atoms with Gasteiger partial charge < -0.3 is 4.79 Å². The van der Waals surface area contributed by atoms with Gasteiger partial charge in [0.1, 0.15) is 17.4 Å². The first-order chi connectivity index (χ1) is 7.09. The Kier molecular flexibility index (Phi) is 4.40. The van der Waals surface area contributed by atoms with Crippen LogP contribution in [-0.4, -0.2) is 11.6 Å². The summed E-state index contributed by atoms with van der Waals surface area (Å²) < 4.78 is 12.8. The van der Waals surface area contributed by atoms with Gasteiger partial charge in [-0.25, -0.2) is 4.39 Å². The second-order valence-corrected chi connectivity index (χ2v) is 3.80. The molecular formula is C12H15FO2. The van der Waals surface area contributed by atoms with Crippen LogP contribution in [0.1, 0.15) is 32.6 Å². The molecule has 0 aliphatic heterocycles. The van der Waals surface area contributed by atoms with Crippen molar-refractivity contribution in [2.24, 2.45) is 5.92 Å². The third-order valence-corrected chi connectivity index (χ3v) is 2.44. The Hall–Kier alpha value is -1.25. The van der Waals surface area contributed by atoms with Crippen LogP contribution in [0.15, 0.2) is 24.1 Å². The maximum atomic E-state index is 12.8. The zero-order chi connectivity index (χ0) is 11.3. The van der Waals surface area contributed by atoms with Crippen molar-refractivity contribution in [2.75, 3.05) is 0 Å². The van der Waals surface area contributed by atoms with Crippen LogP contribution in [0, 0.1) is 5.92 Å². The molecule has 1 aliphatic carbocycles. The minimum absolute atomic E-state index is 0.0188. The molecule has 0 bridgehead atoms. The number of hydrogen-bond acceptors (Lipinski definition) is 2. The van der Waals surface area contributed by atoms with Gasteiger partial charge in [0.2, 0.25) is 0 Å². The molecule has 1 unspecified atom stereocenters. The largest absolute Gasteiger partial charge is 0.300 e. The highest BCUT2D eigenvalue weighted by atomic mass is 19.1. The number of hydrogen-bond donors (Lipinski definition) is 0. The maximum Gasteiger partial charge on any atom is 0.140 e. The van der Waals surface area contributed by atoms with Crippen LogP contribution >= 0.6 is 0 Å². The van der Waals surface area contributed by atoms with Crippen molar-refractivity contribution in [2.45, 2.75) is 32.6 Å². The van der Waals surface area contributed by atoms with Crippen LogP contribution in [0.3, 0.4) is 0 Å². The van der Waals surface area contributed by atoms with Crippen molar-refractivity contribution in [1.82, 2.24) is 0 Å². The lowest BCUT2D eigenvalue weighted by Gasteiger charge is -2.08. The van der Waals surface area contributed by atoms with Gasteiger partial charge >= 0.3 is 0 Å². The van der Waals surface area contributed by atoms with Crippen molar-refractivity contribution in [3.05, 3.63) is 24.1 Å². The Morgan fingerprint density at radius 2 is 2.20 bits per heavy atom. The molecule has 0 N–H and O–H groups in total.